The van der Waals surface area contributed by atoms with Crippen molar-refractivity contribution in [3.63, 3.8) is 0 Å². The Kier molecular flexibility index (Phi) is 5.37. The van der Waals surface area contributed by atoms with Gasteiger partial charge in [0.1, 0.15) is 12.3 Å². The smallest absolute Gasteiger partial charge is 0.265 e. The fourth-order valence-electron chi connectivity index (χ4n) is 2.98. The average molecular weight is 424 g/mol. The first-order valence-corrected chi connectivity index (χ1v) is 10.3. The lowest BCUT2D eigenvalue weighted by atomic mass is 10.2. The van der Waals surface area contributed by atoms with E-state index in [1.165, 1.54) is 16.2 Å². The summed E-state index contributed by atoms with van der Waals surface area (Å²) >= 11 is 1.37. The van der Waals surface area contributed by atoms with Crippen molar-refractivity contribution in [2.75, 3.05) is 28.7 Å². The Morgan fingerprint density at radius 1 is 1.20 bits per heavy atom. The van der Waals surface area contributed by atoms with Crippen LogP contribution in [0.5, 0.6) is 5.75 Å². The Morgan fingerprint density at radius 2 is 2.00 bits per heavy atom. The number of para-hydroxylation sites is 2. The second-order valence-electron chi connectivity index (χ2n) is 7.13. The van der Waals surface area contributed by atoms with Crippen LogP contribution in [0.15, 0.2) is 42.5 Å². The average Bonchev–Trinajstić information content (AvgIpc) is 3.11. The molecule has 9 heteroatoms. The summed E-state index contributed by atoms with van der Waals surface area (Å²) in [6.45, 7) is 3.41. The first-order chi connectivity index (χ1) is 14.4. The molecule has 2 N–H and O–H groups in total. The minimum absolute atomic E-state index is 0.0973. The van der Waals surface area contributed by atoms with Gasteiger partial charge in [0.05, 0.1) is 15.9 Å². The van der Waals surface area contributed by atoms with Crippen LogP contribution in [0.2, 0.25) is 0 Å². The third kappa shape index (κ3) is 4.11. The molecule has 1 aliphatic heterocycles. The summed E-state index contributed by atoms with van der Waals surface area (Å²) in [4.78, 5) is 42.5. The molecule has 2 aromatic carbocycles. The summed E-state index contributed by atoms with van der Waals surface area (Å²) in [5.41, 5.74) is 1.81. The van der Waals surface area contributed by atoms with Gasteiger partial charge in [0.25, 0.3) is 5.91 Å². The van der Waals surface area contributed by atoms with Crippen molar-refractivity contribution in [3.05, 3.63) is 42.5 Å². The van der Waals surface area contributed by atoms with Gasteiger partial charge >= 0.3 is 0 Å². The van der Waals surface area contributed by atoms with E-state index in [0.29, 0.717) is 27.8 Å². The number of carbonyl (C=O) groups excluding carboxylic acids is 3. The zero-order valence-corrected chi connectivity index (χ0v) is 17.3. The van der Waals surface area contributed by atoms with Crippen molar-refractivity contribution < 1.29 is 19.1 Å². The highest BCUT2D eigenvalue weighted by Gasteiger charge is 2.27. The van der Waals surface area contributed by atoms with Crippen molar-refractivity contribution >= 4 is 55.8 Å². The number of hydrogen-bond donors (Lipinski definition) is 2. The molecule has 0 bridgehead atoms. The second-order valence-corrected chi connectivity index (χ2v) is 8.16. The van der Waals surface area contributed by atoms with E-state index >= 15 is 0 Å². The van der Waals surface area contributed by atoms with E-state index in [1.54, 1.807) is 30.3 Å². The van der Waals surface area contributed by atoms with Crippen molar-refractivity contribution in [3.8, 4) is 5.75 Å². The van der Waals surface area contributed by atoms with E-state index in [-0.39, 0.29) is 36.8 Å². The number of thiazole rings is 1. The summed E-state index contributed by atoms with van der Waals surface area (Å²) in [7, 11) is 0. The molecule has 0 saturated heterocycles. The molecule has 3 aromatic rings. The molecule has 154 valence electrons. The largest absolute Gasteiger partial charge is 0.482 e. The number of carbonyl (C=O) groups is 3. The van der Waals surface area contributed by atoms with E-state index < -0.39 is 0 Å². The maximum absolute atomic E-state index is 12.6. The van der Waals surface area contributed by atoms with Gasteiger partial charge in [-0.15, -0.1) is 0 Å². The fourth-order valence-corrected chi connectivity index (χ4v) is 3.83. The van der Waals surface area contributed by atoms with Crippen LogP contribution in [-0.4, -0.2) is 35.9 Å². The number of nitrogens with one attached hydrogen (secondary N) is 2. The Morgan fingerprint density at radius 3 is 2.80 bits per heavy atom. The lowest BCUT2D eigenvalue weighted by molar-refractivity contribution is -0.123. The number of fused-ring (bicyclic) bond motifs is 2. The lowest BCUT2D eigenvalue weighted by Gasteiger charge is -2.28. The number of benzene rings is 2. The molecule has 2 heterocycles. The van der Waals surface area contributed by atoms with E-state index in [1.807, 2.05) is 26.0 Å². The standard InChI is InChI=1S/C21H20N4O4S/c1-12(2)20(28)24-21-23-14-9-13(7-8-17(14)30-21)22-18(26)10-25-15-5-3-4-6-16(15)29-11-19(25)27/h3-9,12H,10-11H2,1-2H3,(H,22,26)(H,23,24,28). The van der Waals surface area contributed by atoms with Gasteiger partial charge in [0.2, 0.25) is 11.8 Å². The molecule has 0 fully saturated rings. The highest BCUT2D eigenvalue weighted by molar-refractivity contribution is 7.22. The molecule has 8 nitrogen and oxygen atoms in total. The van der Waals surface area contributed by atoms with E-state index in [0.717, 1.165) is 4.70 Å². The van der Waals surface area contributed by atoms with Gasteiger partial charge in [-0.1, -0.05) is 37.3 Å². The summed E-state index contributed by atoms with van der Waals surface area (Å²) < 4.78 is 6.29. The number of hydrogen-bond acceptors (Lipinski definition) is 6. The third-order valence-electron chi connectivity index (χ3n) is 4.54. The van der Waals surface area contributed by atoms with Crippen LogP contribution >= 0.6 is 11.3 Å². The van der Waals surface area contributed by atoms with E-state index in [2.05, 4.69) is 15.6 Å². The quantitative estimate of drug-likeness (QED) is 0.655. The van der Waals surface area contributed by atoms with Gasteiger partial charge in [0, 0.05) is 11.6 Å². The van der Waals surface area contributed by atoms with Crippen LogP contribution in [0.4, 0.5) is 16.5 Å². The summed E-state index contributed by atoms with van der Waals surface area (Å²) in [5, 5.41) is 6.11. The number of aromatic nitrogens is 1. The highest BCUT2D eigenvalue weighted by atomic mass is 32.1. The molecule has 0 saturated carbocycles. The molecule has 1 aliphatic rings. The lowest BCUT2D eigenvalue weighted by Crippen LogP contribution is -2.43. The molecule has 3 amide bonds. The summed E-state index contributed by atoms with van der Waals surface area (Å²) in [6, 6.07) is 12.5. The van der Waals surface area contributed by atoms with E-state index in [9.17, 15) is 14.4 Å². The first kappa shape index (κ1) is 19.8. The number of rotatable bonds is 5. The number of nitrogens with zero attached hydrogens (tertiary/aromatic N) is 2. The van der Waals surface area contributed by atoms with Crippen molar-refractivity contribution in [1.29, 1.82) is 0 Å². The zero-order valence-electron chi connectivity index (χ0n) is 16.5. The van der Waals surface area contributed by atoms with Crippen LogP contribution in [0, 0.1) is 5.92 Å². The number of ether oxygens (including phenoxy) is 1. The van der Waals surface area contributed by atoms with Crippen LogP contribution in [0.1, 0.15) is 13.8 Å². The summed E-state index contributed by atoms with van der Waals surface area (Å²) in [6.07, 6.45) is 0. The Hall–Kier alpha value is -3.46. The monoisotopic (exact) mass is 424 g/mol. The maximum Gasteiger partial charge on any atom is 0.265 e. The van der Waals surface area contributed by atoms with Crippen LogP contribution in [-0.2, 0) is 14.4 Å². The van der Waals surface area contributed by atoms with Crippen molar-refractivity contribution in [2.45, 2.75) is 13.8 Å². The SMILES string of the molecule is CC(C)C(=O)Nc1nc2cc(NC(=O)CN3C(=O)COc4ccccc43)ccc2s1. The molecule has 0 radical (unpaired) electrons. The zero-order chi connectivity index (χ0) is 21.3. The van der Waals surface area contributed by atoms with Crippen molar-refractivity contribution in [2.24, 2.45) is 5.92 Å². The van der Waals surface area contributed by atoms with Gasteiger partial charge < -0.3 is 15.4 Å². The molecule has 1 aromatic heterocycles. The van der Waals surface area contributed by atoms with Crippen LogP contribution in [0.25, 0.3) is 10.2 Å². The van der Waals surface area contributed by atoms with Gasteiger partial charge in [-0.25, -0.2) is 4.98 Å². The predicted octanol–water partition coefficient (Wildman–Crippen LogP) is 3.25. The molecule has 0 spiro atoms. The van der Waals surface area contributed by atoms with Gasteiger partial charge in [-0.3, -0.25) is 19.3 Å². The molecule has 4 rings (SSSR count). The normalized spacial score (nSPS) is 13.2. The first-order valence-electron chi connectivity index (χ1n) is 9.44. The minimum Gasteiger partial charge on any atom is -0.482 e. The van der Waals surface area contributed by atoms with Gasteiger partial charge in [0.15, 0.2) is 11.7 Å². The molecular formula is C21H20N4O4S. The number of amides is 3. The van der Waals surface area contributed by atoms with Gasteiger partial charge in [-0.05, 0) is 30.3 Å². The molecule has 30 heavy (non-hydrogen) atoms. The molecule has 0 aliphatic carbocycles. The predicted molar refractivity (Wildman–Crippen MR) is 116 cm³/mol. The highest BCUT2D eigenvalue weighted by Crippen LogP contribution is 2.31. The molecule has 0 unspecified atom stereocenters. The Labute approximate surface area is 176 Å². The maximum atomic E-state index is 12.6. The van der Waals surface area contributed by atoms with Crippen LogP contribution < -0.4 is 20.3 Å². The molecule has 0 atom stereocenters. The molecular weight excluding hydrogens is 404 g/mol. The van der Waals surface area contributed by atoms with E-state index in [4.69, 9.17) is 4.74 Å². The third-order valence-corrected chi connectivity index (χ3v) is 5.49. The summed E-state index contributed by atoms with van der Waals surface area (Å²) in [5.74, 6) is -0.269. The topological polar surface area (TPSA) is 101 Å². The minimum atomic E-state index is -0.331. The number of anilines is 3. The Bertz CT molecular complexity index is 1140. The van der Waals surface area contributed by atoms with Crippen molar-refractivity contribution in [1.82, 2.24) is 4.98 Å². The fraction of sp³-hybridized carbons (Fsp3) is 0.238. The van der Waals surface area contributed by atoms with Crippen LogP contribution in [0.3, 0.4) is 0 Å². The Balaban J connectivity index is 1.47. The second kappa shape index (κ2) is 8.11. The van der Waals surface area contributed by atoms with Gasteiger partial charge in [-0.2, -0.15) is 0 Å².